The van der Waals surface area contributed by atoms with Crippen LogP contribution in [0.15, 0.2) is 48.5 Å². The van der Waals surface area contributed by atoms with Crippen LogP contribution in [0.25, 0.3) is 0 Å². The molecule has 0 spiro atoms. The molecule has 1 unspecified atom stereocenters. The van der Waals surface area contributed by atoms with Gasteiger partial charge in [-0.2, -0.15) is 0 Å². The van der Waals surface area contributed by atoms with Gasteiger partial charge in [0.1, 0.15) is 11.5 Å². The molecule has 0 aliphatic rings. The van der Waals surface area contributed by atoms with Gasteiger partial charge in [-0.25, -0.2) is 4.79 Å². The fourth-order valence-corrected chi connectivity index (χ4v) is 1.81. The molecule has 0 aliphatic carbocycles. The van der Waals surface area contributed by atoms with Gasteiger partial charge in [-0.15, -0.1) is 0 Å². The Morgan fingerprint density at radius 3 is 2.25 bits per heavy atom. The van der Waals surface area contributed by atoms with Gasteiger partial charge in [0.15, 0.2) is 6.10 Å². The van der Waals surface area contributed by atoms with Gasteiger partial charge < -0.3 is 14.9 Å². The molecule has 0 radical (unpaired) electrons. The molecule has 2 N–H and O–H groups in total. The summed E-state index contributed by atoms with van der Waals surface area (Å²) in [5.74, 6) is -0.333. The first-order valence-corrected chi connectivity index (χ1v) is 6.28. The number of rotatable bonds is 5. The van der Waals surface area contributed by atoms with E-state index in [-0.39, 0.29) is 12.2 Å². The lowest BCUT2D eigenvalue weighted by Crippen LogP contribution is -2.29. The number of aromatic hydroxyl groups is 1. The summed E-state index contributed by atoms with van der Waals surface area (Å²) in [5, 5.41) is 18.4. The highest BCUT2D eigenvalue weighted by molar-refractivity contribution is 5.73. The molecule has 20 heavy (non-hydrogen) atoms. The molecular formula is C16H16O4. The zero-order valence-electron chi connectivity index (χ0n) is 11.1. The van der Waals surface area contributed by atoms with Crippen molar-refractivity contribution in [3.8, 4) is 11.5 Å². The second-order valence-electron chi connectivity index (χ2n) is 4.63. The summed E-state index contributed by atoms with van der Waals surface area (Å²) in [4.78, 5) is 11.3. The average molecular weight is 272 g/mol. The van der Waals surface area contributed by atoms with E-state index in [1.54, 1.807) is 24.3 Å². The number of hydrogen-bond acceptors (Lipinski definition) is 3. The van der Waals surface area contributed by atoms with Gasteiger partial charge >= 0.3 is 5.97 Å². The first-order chi connectivity index (χ1) is 9.54. The molecular weight excluding hydrogens is 256 g/mol. The smallest absolute Gasteiger partial charge is 0.345 e. The molecule has 0 bridgehead atoms. The Morgan fingerprint density at radius 1 is 1.10 bits per heavy atom. The monoisotopic (exact) mass is 272 g/mol. The Hall–Kier alpha value is -2.49. The van der Waals surface area contributed by atoms with Gasteiger partial charge in [0.25, 0.3) is 0 Å². The van der Waals surface area contributed by atoms with Crippen LogP contribution in [0.3, 0.4) is 0 Å². The van der Waals surface area contributed by atoms with Gasteiger partial charge in [-0.05, 0) is 36.8 Å². The molecule has 0 saturated carbocycles. The van der Waals surface area contributed by atoms with Crippen molar-refractivity contribution in [1.29, 1.82) is 0 Å². The van der Waals surface area contributed by atoms with Gasteiger partial charge in [-0.3, -0.25) is 0 Å². The number of carboxylic acid groups (broad SMARTS) is 1. The summed E-state index contributed by atoms with van der Waals surface area (Å²) in [6.07, 6.45) is -0.717. The summed E-state index contributed by atoms with van der Waals surface area (Å²) < 4.78 is 5.50. The van der Waals surface area contributed by atoms with Crippen molar-refractivity contribution < 1.29 is 19.7 Å². The Labute approximate surface area is 117 Å². The van der Waals surface area contributed by atoms with Gasteiger partial charge in [-0.1, -0.05) is 29.8 Å². The Balaban J connectivity index is 2.09. The third-order valence-electron chi connectivity index (χ3n) is 2.93. The number of aryl methyl sites for hydroxylation is 1. The van der Waals surface area contributed by atoms with Crippen LogP contribution in [0.4, 0.5) is 0 Å². The lowest BCUT2D eigenvalue weighted by atomic mass is 10.1. The largest absolute Gasteiger partial charge is 0.508 e. The van der Waals surface area contributed by atoms with E-state index in [1.165, 1.54) is 12.1 Å². The molecule has 4 heteroatoms. The number of carbonyl (C=O) groups is 1. The zero-order valence-corrected chi connectivity index (χ0v) is 11.1. The van der Waals surface area contributed by atoms with Crippen LogP contribution in [-0.2, 0) is 11.2 Å². The van der Waals surface area contributed by atoms with E-state index in [0.717, 1.165) is 11.1 Å². The van der Waals surface area contributed by atoms with E-state index in [9.17, 15) is 15.0 Å². The summed E-state index contributed by atoms with van der Waals surface area (Å²) >= 11 is 0. The predicted molar refractivity (Wildman–Crippen MR) is 75.0 cm³/mol. The van der Waals surface area contributed by atoms with Gasteiger partial charge in [0.05, 0.1) is 0 Å². The summed E-state index contributed by atoms with van der Waals surface area (Å²) in [6.45, 7) is 1.95. The van der Waals surface area contributed by atoms with Crippen LogP contribution in [0.2, 0.25) is 0 Å². The topological polar surface area (TPSA) is 66.8 Å². The molecule has 0 heterocycles. The average Bonchev–Trinajstić information content (AvgIpc) is 2.42. The van der Waals surface area contributed by atoms with Crippen molar-refractivity contribution in [2.75, 3.05) is 0 Å². The Bertz CT molecular complexity index is 525. The van der Waals surface area contributed by atoms with Crippen LogP contribution >= 0.6 is 0 Å². The van der Waals surface area contributed by atoms with Crippen molar-refractivity contribution in [2.24, 2.45) is 0 Å². The second-order valence-corrected chi connectivity index (χ2v) is 4.63. The lowest BCUT2D eigenvalue weighted by Gasteiger charge is -2.15. The number of benzene rings is 2. The van der Waals surface area contributed by atoms with Crippen molar-refractivity contribution in [3.63, 3.8) is 0 Å². The van der Waals surface area contributed by atoms with Crippen molar-refractivity contribution >= 4 is 5.97 Å². The first kappa shape index (κ1) is 13.9. The molecule has 2 aromatic rings. The number of phenolic OH excluding ortho intramolecular Hbond substituents is 1. The molecule has 0 aliphatic heterocycles. The van der Waals surface area contributed by atoms with Crippen LogP contribution in [0.5, 0.6) is 11.5 Å². The highest BCUT2D eigenvalue weighted by Gasteiger charge is 2.20. The quantitative estimate of drug-likeness (QED) is 0.878. The number of phenols is 1. The van der Waals surface area contributed by atoms with E-state index < -0.39 is 12.1 Å². The summed E-state index contributed by atoms with van der Waals surface area (Å²) in [5.41, 5.74) is 1.88. The first-order valence-electron chi connectivity index (χ1n) is 6.28. The Kier molecular flexibility index (Phi) is 4.25. The van der Waals surface area contributed by atoms with Crippen molar-refractivity contribution in [2.45, 2.75) is 19.4 Å². The maximum atomic E-state index is 11.3. The third kappa shape index (κ3) is 3.75. The highest BCUT2D eigenvalue weighted by atomic mass is 16.5. The lowest BCUT2D eigenvalue weighted by molar-refractivity contribution is -0.145. The predicted octanol–water partition coefficient (Wildman–Crippen LogP) is 2.78. The number of hydrogen-bond donors (Lipinski definition) is 2. The molecule has 0 amide bonds. The standard InChI is InChI=1S/C16H16O4/c1-11-2-8-14(9-3-11)20-15(16(18)19)10-12-4-6-13(17)7-5-12/h2-9,15,17H,10H2,1H3,(H,18,19). The molecule has 2 rings (SSSR count). The van der Waals surface area contributed by atoms with E-state index in [2.05, 4.69) is 0 Å². The maximum Gasteiger partial charge on any atom is 0.345 e. The van der Waals surface area contributed by atoms with Gasteiger partial charge in [0.2, 0.25) is 0 Å². The van der Waals surface area contributed by atoms with E-state index >= 15 is 0 Å². The van der Waals surface area contributed by atoms with Gasteiger partial charge in [0, 0.05) is 6.42 Å². The summed E-state index contributed by atoms with van der Waals surface area (Å²) in [7, 11) is 0. The summed E-state index contributed by atoms with van der Waals surface area (Å²) in [6, 6.07) is 13.7. The minimum absolute atomic E-state index is 0.153. The number of ether oxygens (including phenoxy) is 1. The third-order valence-corrected chi connectivity index (χ3v) is 2.93. The molecule has 0 saturated heterocycles. The minimum Gasteiger partial charge on any atom is -0.508 e. The SMILES string of the molecule is Cc1ccc(OC(Cc2ccc(O)cc2)C(=O)O)cc1. The van der Waals surface area contributed by atoms with Crippen LogP contribution in [-0.4, -0.2) is 22.3 Å². The van der Waals surface area contributed by atoms with E-state index in [4.69, 9.17) is 4.74 Å². The molecule has 0 fully saturated rings. The van der Waals surface area contributed by atoms with E-state index in [1.807, 2.05) is 19.1 Å². The molecule has 1 atom stereocenters. The number of aliphatic carboxylic acids is 1. The minimum atomic E-state index is -1.02. The normalized spacial score (nSPS) is 11.8. The zero-order chi connectivity index (χ0) is 14.5. The molecule has 2 aromatic carbocycles. The molecule has 0 aromatic heterocycles. The fraction of sp³-hybridized carbons (Fsp3) is 0.188. The molecule has 104 valence electrons. The fourth-order valence-electron chi connectivity index (χ4n) is 1.81. The van der Waals surface area contributed by atoms with Crippen LogP contribution < -0.4 is 4.74 Å². The molecule has 4 nitrogen and oxygen atoms in total. The number of carboxylic acids is 1. The Morgan fingerprint density at radius 2 is 1.70 bits per heavy atom. The van der Waals surface area contributed by atoms with Crippen molar-refractivity contribution in [3.05, 3.63) is 59.7 Å². The highest BCUT2D eigenvalue weighted by Crippen LogP contribution is 2.17. The second kappa shape index (κ2) is 6.10. The van der Waals surface area contributed by atoms with Crippen molar-refractivity contribution in [1.82, 2.24) is 0 Å². The van der Waals surface area contributed by atoms with E-state index in [0.29, 0.717) is 5.75 Å². The van der Waals surface area contributed by atoms with Crippen LogP contribution in [0.1, 0.15) is 11.1 Å². The maximum absolute atomic E-state index is 11.3. The van der Waals surface area contributed by atoms with Crippen LogP contribution in [0, 0.1) is 6.92 Å².